The van der Waals surface area contributed by atoms with Gasteiger partial charge >= 0.3 is 0 Å². The van der Waals surface area contributed by atoms with Crippen LogP contribution in [0.2, 0.25) is 0 Å². The predicted octanol–water partition coefficient (Wildman–Crippen LogP) is 7.92. The summed E-state index contributed by atoms with van der Waals surface area (Å²) in [5.74, 6) is -0.0549. The number of Topliss-reactive ketones (excluding diaryl/α,β-unsaturated/α-hetero) is 2. The van der Waals surface area contributed by atoms with E-state index in [0.717, 1.165) is 42.6 Å². The van der Waals surface area contributed by atoms with E-state index in [0.29, 0.717) is 22.6 Å². The molecule has 6 heteroatoms. The molecule has 2 heterocycles. The molecule has 0 N–H and O–H groups in total. The number of allylic oxidation sites excluding steroid dienone is 1. The predicted molar refractivity (Wildman–Crippen MR) is 160 cm³/mol. The molecule has 2 aromatic heterocycles. The highest BCUT2D eigenvalue weighted by Gasteiger charge is 2.34. The fourth-order valence-electron chi connectivity index (χ4n) is 5.51. The minimum absolute atomic E-state index is 0.120. The number of fused-ring (bicyclic) bond motifs is 4. The Morgan fingerprint density at radius 3 is 1.98 bits per heavy atom. The van der Waals surface area contributed by atoms with Crippen molar-refractivity contribution in [2.45, 2.75) is 0 Å². The molecule has 5 aromatic carbocycles. The van der Waals surface area contributed by atoms with E-state index in [9.17, 15) is 9.59 Å². The van der Waals surface area contributed by atoms with Gasteiger partial charge in [0.2, 0.25) is 0 Å². The van der Waals surface area contributed by atoms with Gasteiger partial charge in [-0.05, 0) is 51.9 Å². The van der Waals surface area contributed by atoms with Crippen LogP contribution in [0.5, 0.6) is 0 Å². The average molecular weight is 534 g/mol. The Kier molecular flexibility index (Phi) is 4.93. The normalized spacial score (nSPS) is 13.1. The summed E-state index contributed by atoms with van der Waals surface area (Å²) in [6.45, 7) is 0. The third-order valence-electron chi connectivity index (χ3n) is 7.42. The maximum atomic E-state index is 13.5. The first-order valence-corrected chi connectivity index (χ1v) is 13.7. The molecule has 0 unspecified atom stereocenters. The van der Waals surface area contributed by atoms with Gasteiger partial charge in [0, 0.05) is 22.4 Å². The second kappa shape index (κ2) is 8.66. The van der Waals surface area contributed by atoms with Gasteiger partial charge in [-0.25, -0.2) is 9.97 Å². The lowest BCUT2D eigenvalue weighted by molar-refractivity contribution is 0.0990. The molecule has 0 atom stereocenters. The molecule has 1 aliphatic rings. The minimum atomic E-state index is -0.277. The Bertz CT molecular complexity index is 2140. The molecule has 188 valence electrons. The third kappa shape index (κ3) is 3.40. The lowest BCUT2D eigenvalue weighted by Crippen LogP contribution is -2.04. The average Bonchev–Trinajstić information content (AvgIpc) is 3.62. The summed E-state index contributed by atoms with van der Waals surface area (Å²) >= 11 is 1.50. The van der Waals surface area contributed by atoms with Crippen LogP contribution < -0.4 is 0 Å². The van der Waals surface area contributed by atoms with Crippen LogP contribution in [0.1, 0.15) is 26.5 Å². The Morgan fingerprint density at radius 2 is 1.25 bits per heavy atom. The van der Waals surface area contributed by atoms with Crippen molar-refractivity contribution in [3.8, 4) is 16.3 Å². The number of aromatic nitrogens is 3. The van der Waals surface area contributed by atoms with E-state index in [4.69, 9.17) is 9.97 Å². The van der Waals surface area contributed by atoms with Crippen LogP contribution in [-0.2, 0) is 0 Å². The fourth-order valence-corrected chi connectivity index (χ4v) is 6.48. The molecule has 0 radical (unpaired) electrons. The highest BCUT2D eigenvalue weighted by molar-refractivity contribution is 7.21. The van der Waals surface area contributed by atoms with Crippen LogP contribution in [0.15, 0.2) is 115 Å². The lowest BCUT2D eigenvalue weighted by Gasteiger charge is -2.07. The SMILES string of the molecule is O=C1C(=Cc2nc3sc(-c4cccc5ccccc45)nc3n2-c2ccccc2)C(=O)c2cc3ccccc3cc21. The number of nitrogens with zero attached hydrogens (tertiary/aromatic N) is 3. The summed E-state index contributed by atoms with van der Waals surface area (Å²) in [5.41, 5.74) is 3.58. The number of imidazole rings is 1. The van der Waals surface area contributed by atoms with Crippen LogP contribution in [0.3, 0.4) is 0 Å². The van der Waals surface area contributed by atoms with Crippen molar-refractivity contribution in [3.63, 3.8) is 0 Å². The van der Waals surface area contributed by atoms with Crippen molar-refractivity contribution < 1.29 is 9.59 Å². The minimum Gasteiger partial charge on any atom is -0.288 e. The second-order valence-electron chi connectivity index (χ2n) is 9.78. The Labute approximate surface area is 232 Å². The van der Waals surface area contributed by atoms with Gasteiger partial charge in [-0.1, -0.05) is 96.3 Å². The molecule has 5 nitrogen and oxygen atoms in total. The van der Waals surface area contributed by atoms with Crippen molar-refractivity contribution in [2.75, 3.05) is 0 Å². The van der Waals surface area contributed by atoms with Gasteiger partial charge in [0.1, 0.15) is 10.8 Å². The highest BCUT2D eigenvalue weighted by Crippen LogP contribution is 2.37. The summed E-state index contributed by atoms with van der Waals surface area (Å²) in [6, 6.07) is 35.6. The Balaban J connectivity index is 1.31. The van der Waals surface area contributed by atoms with Gasteiger partial charge in [0.05, 0.1) is 5.57 Å². The molecule has 0 saturated carbocycles. The molecule has 1 aliphatic carbocycles. The smallest absolute Gasteiger partial charge is 0.197 e. The van der Waals surface area contributed by atoms with Crippen molar-refractivity contribution in [3.05, 3.63) is 132 Å². The number of hydrogen-bond donors (Lipinski definition) is 0. The number of rotatable bonds is 3. The van der Waals surface area contributed by atoms with Crippen molar-refractivity contribution in [1.82, 2.24) is 14.5 Å². The molecule has 0 spiro atoms. The molecule has 0 fully saturated rings. The molecule has 40 heavy (non-hydrogen) atoms. The first-order chi connectivity index (χ1) is 19.7. The largest absolute Gasteiger partial charge is 0.288 e. The standard InChI is InChI=1S/C34H19N3O2S/c38-30-26-17-21-10-4-5-11-22(21)18-27(26)31(39)28(30)19-29-35-34-32(37(29)23-13-2-1-3-14-23)36-33(40-34)25-16-8-12-20-9-6-7-15-24(20)25/h1-19H. The fraction of sp³-hybridized carbons (Fsp3) is 0. The molecule has 0 aliphatic heterocycles. The van der Waals surface area contributed by atoms with E-state index < -0.39 is 0 Å². The zero-order chi connectivity index (χ0) is 26.8. The van der Waals surface area contributed by atoms with E-state index in [1.165, 1.54) is 11.3 Å². The summed E-state index contributed by atoms with van der Waals surface area (Å²) in [6.07, 6.45) is 1.62. The van der Waals surface area contributed by atoms with Gasteiger partial charge in [-0.15, -0.1) is 0 Å². The van der Waals surface area contributed by atoms with Crippen LogP contribution in [0.4, 0.5) is 0 Å². The maximum absolute atomic E-state index is 13.5. The summed E-state index contributed by atoms with van der Waals surface area (Å²) in [7, 11) is 0. The molecular weight excluding hydrogens is 514 g/mol. The number of thiazole rings is 1. The van der Waals surface area contributed by atoms with E-state index in [1.807, 2.05) is 89.5 Å². The monoisotopic (exact) mass is 533 g/mol. The van der Waals surface area contributed by atoms with Gasteiger partial charge in [0.15, 0.2) is 22.0 Å². The third-order valence-corrected chi connectivity index (χ3v) is 8.39. The Morgan fingerprint density at radius 1 is 0.625 bits per heavy atom. The lowest BCUT2D eigenvalue weighted by atomic mass is 10.0. The number of para-hydroxylation sites is 1. The second-order valence-corrected chi connectivity index (χ2v) is 10.8. The zero-order valence-corrected chi connectivity index (χ0v) is 21.9. The van der Waals surface area contributed by atoms with Gasteiger partial charge in [-0.2, -0.15) is 0 Å². The highest BCUT2D eigenvalue weighted by atomic mass is 32.1. The number of benzene rings is 5. The molecule has 0 bridgehead atoms. The topological polar surface area (TPSA) is 64.8 Å². The zero-order valence-electron chi connectivity index (χ0n) is 21.0. The first kappa shape index (κ1) is 22.8. The van der Waals surface area contributed by atoms with E-state index >= 15 is 0 Å². The van der Waals surface area contributed by atoms with Crippen LogP contribution >= 0.6 is 11.3 Å². The van der Waals surface area contributed by atoms with Gasteiger partial charge in [-0.3, -0.25) is 14.2 Å². The van der Waals surface area contributed by atoms with Gasteiger partial charge in [0.25, 0.3) is 0 Å². The summed E-state index contributed by atoms with van der Waals surface area (Å²) < 4.78 is 1.92. The molecule has 8 rings (SSSR count). The van der Waals surface area contributed by atoms with Crippen LogP contribution in [0, 0.1) is 0 Å². The van der Waals surface area contributed by atoms with E-state index in [2.05, 4.69) is 24.3 Å². The number of carbonyl (C=O) groups excluding carboxylic acids is 2. The number of ketones is 2. The van der Waals surface area contributed by atoms with Crippen molar-refractivity contribution in [1.29, 1.82) is 0 Å². The first-order valence-electron chi connectivity index (χ1n) is 12.9. The van der Waals surface area contributed by atoms with E-state index in [-0.39, 0.29) is 17.1 Å². The summed E-state index contributed by atoms with van der Waals surface area (Å²) in [4.78, 5) is 37.6. The summed E-state index contributed by atoms with van der Waals surface area (Å²) in [5, 5.41) is 5.00. The quantitative estimate of drug-likeness (QED) is 0.171. The maximum Gasteiger partial charge on any atom is 0.197 e. The molecule has 0 saturated heterocycles. The molecule has 0 amide bonds. The molecule has 7 aromatic rings. The Hall–Kier alpha value is -5.20. The van der Waals surface area contributed by atoms with Gasteiger partial charge < -0.3 is 0 Å². The number of hydrogen-bond acceptors (Lipinski definition) is 5. The molecular formula is C34H19N3O2S. The number of carbonyl (C=O) groups is 2. The van der Waals surface area contributed by atoms with E-state index in [1.54, 1.807) is 6.08 Å². The van der Waals surface area contributed by atoms with Crippen molar-refractivity contribution >= 4 is 61.0 Å². The van der Waals surface area contributed by atoms with Crippen LogP contribution in [-0.4, -0.2) is 26.1 Å². The van der Waals surface area contributed by atoms with Crippen LogP contribution in [0.25, 0.3) is 54.4 Å². The van der Waals surface area contributed by atoms with Crippen molar-refractivity contribution in [2.24, 2.45) is 0 Å².